The van der Waals surface area contributed by atoms with Crippen molar-refractivity contribution in [1.82, 2.24) is 5.32 Å². The number of hydrogen-bond donors (Lipinski definition) is 3. The molecule has 0 spiro atoms. The molecule has 2 aliphatic rings. The van der Waals surface area contributed by atoms with E-state index >= 15 is 0 Å². The molecule has 3 N–H and O–H groups in total. The first-order valence-electron chi connectivity index (χ1n) is 12.4. The van der Waals surface area contributed by atoms with Gasteiger partial charge in [-0.3, -0.25) is 4.52 Å². The lowest BCUT2D eigenvalue weighted by molar-refractivity contribution is 0.206. The third kappa shape index (κ3) is 8.21. The van der Waals surface area contributed by atoms with E-state index in [4.69, 9.17) is 14.5 Å². The zero-order valence-corrected chi connectivity index (χ0v) is 21.6. The highest BCUT2D eigenvalue weighted by atomic mass is 31.2. The highest BCUT2D eigenvalue weighted by molar-refractivity contribution is 7.46. The fourth-order valence-corrected chi connectivity index (χ4v) is 5.60. The first kappa shape index (κ1) is 26.9. The van der Waals surface area contributed by atoms with Crippen molar-refractivity contribution in [2.24, 2.45) is 5.92 Å². The molecule has 2 aliphatic carbocycles. The Morgan fingerprint density at radius 2 is 1.91 bits per heavy atom. The van der Waals surface area contributed by atoms with E-state index < -0.39 is 7.82 Å². The maximum atomic E-state index is 9.70. The Labute approximate surface area is 204 Å². The monoisotopic (exact) mass is 489 g/mol. The summed E-state index contributed by atoms with van der Waals surface area (Å²) in [5, 5.41) is 3.46. The number of phosphoric ester groups is 1. The number of methoxy groups -OCH3 is 1. The average Bonchev–Trinajstić information content (AvgIpc) is 3.31. The molecule has 0 aliphatic heterocycles. The Kier molecular flexibility index (Phi) is 10.2. The predicted octanol–water partition coefficient (Wildman–Crippen LogP) is 5.40. The van der Waals surface area contributed by atoms with Gasteiger partial charge in [-0.05, 0) is 112 Å². The van der Waals surface area contributed by atoms with Gasteiger partial charge in [-0.2, -0.15) is 0 Å². The number of benzene rings is 2. The van der Waals surface area contributed by atoms with Crippen LogP contribution in [0, 0.1) is 5.92 Å². The number of rotatable bonds is 8. The molecule has 0 heterocycles. The Bertz CT molecular complexity index is 960. The third-order valence-electron chi connectivity index (χ3n) is 7.15. The van der Waals surface area contributed by atoms with E-state index in [2.05, 4.69) is 53.3 Å². The van der Waals surface area contributed by atoms with Crippen LogP contribution in [0.5, 0.6) is 5.75 Å². The van der Waals surface area contributed by atoms with Gasteiger partial charge in [0, 0.05) is 6.04 Å². The minimum absolute atomic E-state index is 0.0459. The molecule has 2 aromatic rings. The van der Waals surface area contributed by atoms with E-state index in [0.29, 0.717) is 6.04 Å². The lowest BCUT2D eigenvalue weighted by Gasteiger charge is -2.26. The molecule has 1 fully saturated rings. The van der Waals surface area contributed by atoms with Crippen molar-refractivity contribution in [3.05, 3.63) is 64.7 Å². The van der Waals surface area contributed by atoms with Gasteiger partial charge in [0.1, 0.15) is 5.75 Å². The smallest absolute Gasteiger partial charge is 0.469 e. The molecule has 0 radical (unpaired) electrons. The number of phosphoric acid groups is 1. The SMILES string of the molecule is CCOP(=O)(O)O.CN[C@@H]1CC[C@@H](c2ccc3c(c2)CC[C@H](CCc2cccc(OC)c2)C3)C1. The van der Waals surface area contributed by atoms with Crippen molar-refractivity contribution >= 4 is 7.82 Å². The summed E-state index contributed by atoms with van der Waals surface area (Å²) in [6.45, 7) is 1.56. The van der Waals surface area contributed by atoms with Crippen LogP contribution >= 0.6 is 7.82 Å². The van der Waals surface area contributed by atoms with Crippen LogP contribution in [0.15, 0.2) is 42.5 Å². The number of aryl methyl sites for hydroxylation is 2. The summed E-state index contributed by atoms with van der Waals surface area (Å²) in [5.41, 5.74) is 6.21. The van der Waals surface area contributed by atoms with Crippen LogP contribution in [0.3, 0.4) is 0 Å². The maximum Gasteiger partial charge on any atom is 0.469 e. The Balaban J connectivity index is 0.000000406. The van der Waals surface area contributed by atoms with Crippen molar-refractivity contribution in [1.29, 1.82) is 0 Å². The van der Waals surface area contributed by atoms with Gasteiger partial charge in [0.15, 0.2) is 0 Å². The van der Waals surface area contributed by atoms with Gasteiger partial charge in [-0.1, -0.05) is 30.3 Å². The molecule has 3 atom stereocenters. The van der Waals surface area contributed by atoms with Crippen LogP contribution in [0.1, 0.15) is 67.2 Å². The molecule has 6 nitrogen and oxygen atoms in total. The molecule has 1 saturated carbocycles. The Hall–Kier alpha value is -1.69. The first-order chi connectivity index (χ1) is 16.3. The molecule has 0 aromatic heterocycles. The summed E-state index contributed by atoms with van der Waals surface area (Å²) in [7, 11) is -0.317. The van der Waals surface area contributed by atoms with Gasteiger partial charge in [-0.25, -0.2) is 4.57 Å². The summed E-state index contributed by atoms with van der Waals surface area (Å²) in [5.74, 6) is 2.55. The molecule has 0 unspecified atom stereocenters. The zero-order valence-electron chi connectivity index (χ0n) is 20.7. The fraction of sp³-hybridized carbons (Fsp3) is 0.556. The normalized spacial score (nSPS) is 22.0. The van der Waals surface area contributed by atoms with Gasteiger partial charge < -0.3 is 19.8 Å². The van der Waals surface area contributed by atoms with E-state index in [0.717, 1.165) is 24.0 Å². The minimum Gasteiger partial charge on any atom is -0.497 e. The second kappa shape index (κ2) is 12.9. The third-order valence-corrected chi connectivity index (χ3v) is 7.74. The van der Waals surface area contributed by atoms with Crippen molar-refractivity contribution in [3.63, 3.8) is 0 Å². The summed E-state index contributed by atoms with van der Waals surface area (Å²) >= 11 is 0. The molecular formula is C27H40NO5P. The summed E-state index contributed by atoms with van der Waals surface area (Å²) in [6, 6.07) is 16.7. The van der Waals surface area contributed by atoms with Crippen LogP contribution < -0.4 is 10.1 Å². The van der Waals surface area contributed by atoms with E-state index in [1.165, 1.54) is 57.4 Å². The highest BCUT2D eigenvalue weighted by Gasteiger charge is 2.26. The van der Waals surface area contributed by atoms with Crippen molar-refractivity contribution < 1.29 is 23.6 Å². The number of hydrogen-bond acceptors (Lipinski definition) is 4. The maximum absolute atomic E-state index is 9.70. The second-order valence-electron chi connectivity index (χ2n) is 9.43. The molecule has 2 aromatic carbocycles. The number of nitrogens with one attached hydrogen (secondary N) is 1. The van der Waals surface area contributed by atoms with Gasteiger partial charge >= 0.3 is 7.82 Å². The number of fused-ring (bicyclic) bond motifs is 1. The van der Waals surface area contributed by atoms with Gasteiger partial charge in [0.25, 0.3) is 0 Å². The summed E-state index contributed by atoms with van der Waals surface area (Å²) in [6.07, 6.45) is 10.3. The van der Waals surface area contributed by atoms with Crippen molar-refractivity contribution in [2.75, 3.05) is 20.8 Å². The zero-order chi connectivity index (χ0) is 24.6. The minimum atomic E-state index is -4.17. The standard InChI is InChI=1S/C25H33NO.C2H7O4P/c1-26-24-13-12-23(17-24)22-11-10-20-14-19(8-9-21(20)16-22)7-6-18-4-3-5-25(15-18)27-2;1-2-6-7(3,4)5/h3-5,10-11,15-16,19,23-24,26H,6-9,12-14,17H2,1-2H3;2H2,1H3,(H2,3,4,5)/t19-,23+,24+;/m0./s1. The van der Waals surface area contributed by atoms with E-state index in [1.807, 2.05) is 6.07 Å². The van der Waals surface area contributed by atoms with Gasteiger partial charge in [0.05, 0.1) is 13.7 Å². The first-order valence-corrected chi connectivity index (χ1v) is 14.0. The topological polar surface area (TPSA) is 88.0 Å². The molecule has 34 heavy (non-hydrogen) atoms. The van der Waals surface area contributed by atoms with Crippen LogP contribution in [0.25, 0.3) is 0 Å². The van der Waals surface area contributed by atoms with E-state index in [1.54, 1.807) is 23.8 Å². The van der Waals surface area contributed by atoms with Crippen LogP contribution in [0.4, 0.5) is 0 Å². The summed E-state index contributed by atoms with van der Waals surface area (Å²) in [4.78, 5) is 15.8. The van der Waals surface area contributed by atoms with Gasteiger partial charge in [0.2, 0.25) is 0 Å². The van der Waals surface area contributed by atoms with Gasteiger partial charge in [-0.15, -0.1) is 0 Å². The molecular weight excluding hydrogens is 449 g/mol. The highest BCUT2D eigenvalue weighted by Crippen LogP contribution is 2.37. The quantitative estimate of drug-likeness (QED) is 0.430. The van der Waals surface area contributed by atoms with Crippen LogP contribution in [0.2, 0.25) is 0 Å². The Morgan fingerprint density at radius 3 is 2.56 bits per heavy atom. The molecule has 0 saturated heterocycles. The number of ether oxygens (including phenoxy) is 1. The fourth-order valence-electron chi connectivity index (χ4n) is 5.26. The lowest BCUT2D eigenvalue weighted by atomic mass is 9.79. The molecule has 0 amide bonds. The second-order valence-corrected chi connectivity index (χ2v) is 10.7. The summed E-state index contributed by atoms with van der Waals surface area (Å²) < 4.78 is 19.0. The molecule has 4 rings (SSSR count). The molecule has 0 bridgehead atoms. The molecule has 7 heteroatoms. The van der Waals surface area contributed by atoms with Crippen LogP contribution in [-0.2, 0) is 28.4 Å². The lowest BCUT2D eigenvalue weighted by Crippen LogP contribution is -2.21. The van der Waals surface area contributed by atoms with Crippen LogP contribution in [-0.4, -0.2) is 36.6 Å². The average molecular weight is 490 g/mol. The molecule has 188 valence electrons. The largest absolute Gasteiger partial charge is 0.497 e. The van der Waals surface area contributed by atoms with E-state index in [-0.39, 0.29) is 6.61 Å². The predicted molar refractivity (Wildman–Crippen MR) is 136 cm³/mol. The Morgan fingerprint density at radius 1 is 1.09 bits per heavy atom. The van der Waals surface area contributed by atoms with Crippen molar-refractivity contribution in [3.8, 4) is 5.75 Å². The van der Waals surface area contributed by atoms with E-state index in [9.17, 15) is 4.57 Å². The van der Waals surface area contributed by atoms with Crippen molar-refractivity contribution in [2.45, 2.75) is 70.3 Å².